The molecule has 0 radical (unpaired) electrons. The topological polar surface area (TPSA) is 85.9 Å². The van der Waals surface area contributed by atoms with E-state index in [1.807, 2.05) is 42.5 Å². The minimum atomic E-state index is -0.166. The third kappa shape index (κ3) is 4.74. The van der Waals surface area contributed by atoms with Crippen LogP contribution < -0.4 is 15.5 Å². The first-order valence-corrected chi connectivity index (χ1v) is 10.1. The largest absolute Gasteiger partial charge is 0.353 e. The molecular weight excluding hydrogens is 364 g/mol. The first-order valence-electron chi connectivity index (χ1n) is 10.1. The zero-order valence-corrected chi connectivity index (χ0v) is 16.6. The molecule has 150 valence electrons. The van der Waals surface area contributed by atoms with Crippen LogP contribution in [0, 0.1) is 0 Å². The van der Waals surface area contributed by atoms with E-state index in [1.54, 1.807) is 12.4 Å². The van der Waals surface area contributed by atoms with Crippen molar-refractivity contribution in [1.29, 1.82) is 0 Å². The van der Waals surface area contributed by atoms with Gasteiger partial charge in [-0.05, 0) is 49.1 Å². The molecule has 0 bridgehead atoms. The van der Waals surface area contributed by atoms with Crippen molar-refractivity contribution >= 4 is 17.5 Å². The summed E-state index contributed by atoms with van der Waals surface area (Å²) in [6.45, 7) is 3.78. The molecule has 1 fully saturated rings. The van der Waals surface area contributed by atoms with E-state index in [0.29, 0.717) is 0 Å². The van der Waals surface area contributed by atoms with Crippen molar-refractivity contribution in [2.75, 3.05) is 23.3 Å². The van der Waals surface area contributed by atoms with Gasteiger partial charge in [0.2, 0.25) is 0 Å². The summed E-state index contributed by atoms with van der Waals surface area (Å²) in [4.78, 5) is 18.7. The maximum Gasteiger partial charge on any atom is 0.319 e. The van der Waals surface area contributed by atoms with Crippen LogP contribution in [0.1, 0.15) is 25.3 Å². The highest BCUT2D eigenvalue weighted by atomic mass is 16.2. The van der Waals surface area contributed by atoms with Crippen molar-refractivity contribution in [1.82, 2.24) is 20.5 Å². The molecule has 1 saturated heterocycles. The Morgan fingerprint density at radius 2 is 2.00 bits per heavy atom. The van der Waals surface area contributed by atoms with Crippen molar-refractivity contribution in [3.63, 3.8) is 0 Å². The molecule has 1 aliphatic heterocycles. The first kappa shape index (κ1) is 19.0. The highest BCUT2D eigenvalue weighted by Gasteiger charge is 2.23. The van der Waals surface area contributed by atoms with Gasteiger partial charge in [-0.15, -0.1) is 0 Å². The Morgan fingerprint density at radius 3 is 2.76 bits per heavy atom. The Balaban J connectivity index is 1.34. The van der Waals surface area contributed by atoms with Crippen LogP contribution in [0.15, 0.2) is 54.9 Å². The van der Waals surface area contributed by atoms with E-state index in [0.717, 1.165) is 55.1 Å². The maximum absolute atomic E-state index is 12.4. The fourth-order valence-electron chi connectivity index (χ4n) is 3.63. The normalized spacial score (nSPS) is 16.4. The fraction of sp³-hybridized carbons (Fsp3) is 0.318. The number of H-pyrrole nitrogens is 1. The van der Waals surface area contributed by atoms with Crippen LogP contribution >= 0.6 is 0 Å². The number of hydrogen-bond donors (Lipinski definition) is 3. The van der Waals surface area contributed by atoms with Crippen LogP contribution in [0.2, 0.25) is 0 Å². The van der Waals surface area contributed by atoms with Gasteiger partial charge in [-0.25, -0.2) is 4.79 Å². The number of carbonyl (C=O) groups excluding carboxylic acids is 1. The molecule has 3 heterocycles. The summed E-state index contributed by atoms with van der Waals surface area (Å²) in [5, 5.41) is 13.6. The average Bonchev–Trinajstić information content (AvgIpc) is 3.25. The predicted molar refractivity (Wildman–Crippen MR) is 115 cm³/mol. The minimum Gasteiger partial charge on any atom is -0.353 e. The molecule has 3 N–H and O–H groups in total. The van der Waals surface area contributed by atoms with Crippen LogP contribution in [-0.4, -0.2) is 40.3 Å². The van der Waals surface area contributed by atoms with Gasteiger partial charge in [0, 0.05) is 48.8 Å². The highest BCUT2D eigenvalue weighted by molar-refractivity contribution is 5.89. The molecule has 7 nitrogen and oxygen atoms in total. The lowest BCUT2D eigenvalue weighted by molar-refractivity contribution is 0.246. The summed E-state index contributed by atoms with van der Waals surface area (Å²) < 4.78 is 0. The summed E-state index contributed by atoms with van der Waals surface area (Å²) in [7, 11) is 0. The molecule has 2 aromatic heterocycles. The van der Waals surface area contributed by atoms with E-state index < -0.39 is 0 Å². The maximum atomic E-state index is 12.4. The number of aromatic amines is 1. The predicted octanol–water partition coefficient (Wildman–Crippen LogP) is 3.82. The second-order valence-corrected chi connectivity index (χ2v) is 7.31. The average molecular weight is 390 g/mol. The Bertz CT molecular complexity index is 937. The number of carbonyl (C=O) groups is 1. The van der Waals surface area contributed by atoms with E-state index in [1.165, 1.54) is 5.56 Å². The Morgan fingerprint density at radius 1 is 1.21 bits per heavy atom. The van der Waals surface area contributed by atoms with Crippen molar-refractivity contribution in [2.45, 2.75) is 32.2 Å². The van der Waals surface area contributed by atoms with E-state index in [2.05, 4.69) is 37.6 Å². The number of nitrogens with zero attached hydrogens (tertiary/aromatic N) is 3. The van der Waals surface area contributed by atoms with Gasteiger partial charge in [0.1, 0.15) is 0 Å². The lowest BCUT2D eigenvalue weighted by Gasteiger charge is -2.33. The Labute approximate surface area is 170 Å². The van der Waals surface area contributed by atoms with Crippen molar-refractivity contribution in [2.24, 2.45) is 0 Å². The third-order valence-electron chi connectivity index (χ3n) is 5.26. The second kappa shape index (κ2) is 8.77. The molecule has 3 aromatic rings. The number of urea groups is 1. The molecule has 4 rings (SSSR count). The van der Waals surface area contributed by atoms with Gasteiger partial charge in [-0.3, -0.25) is 10.1 Å². The first-order chi connectivity index (χ1) is 14.2. The summed E-state index contributed by atoms with van der Waals surface area (Å²) in [5.41, 5.74) is 4.08. The number of anilines is 2. The number of benzene rings is 1. The zero-order chi connectivity index (χ0) is 20.1. The SMILES string of the molecule is CCc1ccc(NC(=O)NC2CCCN(c3cc(-c4ccncc4)[nH]n3)C2)cc1. The molecule has 0 aliphatic carbocycles. The van der Waals surface area contributed by atoms with Crippen LogP contribution in [0.5, 0.6) is 0 Å². The van der Waals surface area contributed by atoms with Gasteiger partial charge in [-0.2, -0.15) is 5.10 Å². The number of hydrogen-bond acceptors (Lipinski definition) is 4. The summed E-state index contributed by atoms with van der Waals surface area (Å²) in [6.07, 6.45) is 6.49. The van der Waals surface area contributed by atoms with Gasteiger partial charge in [0.25, 0.3) is 0 Å². The summed E-state index contributed by atoms with van der Waals surface area (Å²) in [6, 6.07) is 13.8. The smallest absolute Gasteiger partial charge is 0.319 e. The molecule has 1 aliphatic rings. The lowest BCUT2D eigenvalue weighted by Crippen LogP contribution is -2.49. The number of aromatic nitrogens is 3. The van der Waals surface area contributed by atoms with Crippen molar-refractivity contribution in [3.05, 3.63) is 60.4 Å². The van der Waals surface area contributed by atoms with Crippen molar-refractivity contribution < 1.29 is 4.79 Å². The van der Waals surface area contributed by atoms with Crippen LogP contribution in [0.25, 0.3) is 11.3 Å². The minimum absolute atomic E-state index is 0.0831. The number of rotatable bonds is 5. The van der Waals surface area contributed by atoms with E-state index in [4.69, 9.17) is 0 Å². The van der Waals surface area contributed by atoms with E-state index >= 15 is 0 Å². The van der Waals surface area contributed by atoms with Crippen LogP contribution in [-0.2, 0) is 6.42 Å². The number of aryl methyl sites for hydroxylation is 1. The molecule has 0 spiro atoms. The lowest BCUT2D eigenvalue weighted by atomic mass is 10.1. The molecule has 1 aromatic carbocycles. The van der Waals surface area contributed by atoms with Gasteiger partial charge in [0.15, 0.2) is 5.82 Å². The number of nitrogens with one attached hydrogen (secondary N) is 3. The summed E-state index contributed by atoms with van der Waals surface area (Å²) in [5.74, 6) is 0.902. The Kier molecular flexibility index (Phi) is 5.74. The Hall–Kier alpha value is -3.35. The number of amides is 2. The van der Waals surface area contributed by atoms with Gasteiger partial charge >= 0.3 is 6.03 Å². The molecular formula is C22H26N6O. The van der Waals surface area contributed by atoms with E-state index in [9.17, 15) is 4.79 Å². The molecule has 1 unspecified atom stereocenters. The molecule has 1 atom stereocenters. The van der Waals surface area contributed by atoms with Gasteiger partial charge in [-0.1, -0.05) is 19.1 Å². The van der Waals surface area contributed by atoms with Crippen LogP contribution in [0.3, 0.4) is 0 Å². The van der Waals surface area contributed by atoms with E-state index in [-0.39, 0.29) is 12.1 Å². The van der Waals surface area contributed by atoms with Gasteiger partial charge < -0.3 is 15.5 Å². The molecule has 0 saturated carbocycles. The number of piperidine rings is 1. The summed E-state index contributed by atoms with van der Waals surface area (Å²) >= 11 is 0. The van der Waals surface area contributed by atoms with Gasteiger partial charge in [0.05, 0.1) is 5.69 Å². The molecule has 2 amide bonds. The molecule has 7 heteroatoms. The zero-order valence-electron chi connectivity index (χ0n) is 16.6. The highest BCUT2D eigenvalue weighted by Crippen LogP contribution is 2.23. The quantitative estimate of drug-likeness (QED) is 0.618. The fourth-order valence-corrected chi connectivity index (χ4v) is 3.63. The standard InChI is InChI=1S/C22H26N6O/c1-2-16-5-7-18(8-6-16)24-22(29)25-19-4-3-13-28(15-19)21-14-20(26-27-21)17-9-11-23-12-10-17/h5-12,14,19H,2-4,13,15H2,1H3,(H,26,27)(H2,24,25,29). The monoisotopic (exact) mass is 390 g/mol. The second-order valence-electron chi connectivity index (χ2n) is 7.31. The van der Waals surface area contributed by atoms with Crippen molar-refractivity contribution in [3.8, 4) is 11.3 Å². The molecule has 29 heavy (non-hydrogen) atoms. The third-order valence-corrected chi connectivity index (χ3v) is 5.26. The number of pyridine rings is 1. The van der Waals surface area contributed by atoms with Crippen LogP contribution in [0.4, 0.5) is 16.3 Å².